The van der Waals surface area contributed by atoms with Crippen LogP contribution in [0.5, 0.6) is 11.5 Å². The summed E-state index contributed by atoms with van der Waals surface area (Å²) in [6.07, 6.45) is 0.753. The van der Waals surface area contributed by atoms with Gasteiger partial charge in [-0.3, -0.25) is 14.4 Å². The van der Waals surface area contributed by atoms with Crippen molar-refractivity contribution in [1.29, 1.82) is 0 Å². The van der Waals surface area contributed by atoms with Gasteiger partial charge in [-0.05, 0) is 76.1 Å². The van der Waals surface area contributed by atoms with Crippen molar-refractivity contribution in [2.24, 2.45) is 23.2 Å². The molecule has 5 N–H and O–H groups in total. The first kappa shape index (κ1) is 28.3. The van der Waals surface area contributed by atoms with Crippen LogP contribution in [0.1, 0.15) is 63.6 Å². The molecule has 6 atom stereocenters. The van der Waals surface area contributed by atoms with Crippen molar-refractivity contribution in [2.75, 3.05) is 14.1 Å². The van der Waals surface area contributed by atoms with Gasteiger partial charge in [-0.25, -0.2) is 0 Å². The van der Waals surface area contributed by atoms with E-state index in [-0.39, 0.29) is 46.5 Å². The number of carbonyl (C=O) groups excluding carboxylic acids is 3. The Morgan fingerprint density at radius 3 is 2.34 bits per heavy atom. The number of fused-ring (bicyclic) bond motifs is 3. The van der Waals surface area contributed by atoms with E-state index in [2.05, 4.69) is 20.8 Å². The number of hydrogen-bond acceptors (Lipinski definition) is 9. The van der Waals surface area contributed by atoms with Crippen molar-refractivity contribution >= 4 is 23.1 Å². The number of aliphatic hydroxyl groups is 3. The number of hydrogen-bond donors (Lipinski definition) is 5. The Morgan fingerprint density at radius 2 is 1.79 bits per heavy atom. The predicted molar refractivity (Wildman–Crippen MR) is 140 cm³/mol. The fourth-order valence-electron chi connectivity index (χ4n) is 6.83. The summed E-state index contributed by atoms with van der Waals surface area (Å²) in [5.41, 5.74) is -2.08. The maximum Gasteiger partial charge on any atom is 0.202 e. The molecule has 3 aliphatic carbocycles. The Labute approximate surface area is 222 Å². The topological polar surface area (TPSA) is 156 Å². The van der Waals surface area contributed by atoms with E-state index in [1.165, 1.54) is 6.07 Å². The van der Waals surface area contributed by atoms with E-state index in [1.807, 2.05) is 0 Å². The molecule has 3 aliphatic rings. The number of phenols is 2. The monoisotopic (exact) mass is 529 g/mol. The van der Waals surface area contributed by atoms with Gasteiger partial charge in [0.15, 0.2) is 11.4 Å². The van der Waals surface area contributed by atoms with Crippen LogP contribution in [0.25, 0.3) is 5.76 Å². The number of nitrogens with zero attached hydrogens (tertiary/aromatic N) is 1. The average Bonchev–Trinajstić information content (AvgIpc) is 2.78. The first-order valence-corrected chi connectivity index (χ1v) is 13.2. The van der Waals surface area contributed by atoms with Gasteiger partial charge in [0, 0.05) is 23.1 Å². The van der Waals surface area contributed by atoms with Gasteiger partial charge in [-0.1, -0.05) is 20.8 Å². The predicted octanol–water partition coefficient (Wildman–Crippen LogP) is 2.31. The highest BCUT2D eigenvalue weighted by molar-refractivity contribution is 6.25. The third kappa shape index (κ3) is 4.25. The molecule has 2 fully saturated rings. The molecule has 0 aliphatic heterocycles. The second-order valence-electron chi connectivity index (χ2n) is 12.7. The molecule has 208 valence electrons. The first-order valence-electron chi connectivity index (χ1n) is 13.2. The molecule has 0 bridgehead atoms. The molecule has 0 amide bonds. The summed E-state index contributed by atoms with van der Waals surface area (Å²) >= 11 is 0. The largest absolute Gasteiger partial charge is 0.508 e. The lowest BCUT2D eigenvalue weighted by atomic mass is 9.54. The third-order valence-corrected chi connectivity index (χ3v) is 8.65. The number of rotatable bonds is 5. The molecule has 0 heterocycles. The van der Waals surface area contributed by atoms with Crippen LogP contribution in [-0.2, 0) is 27.2 Å². The van der Waals surface area contributed by atoms with Crippen molar-refractivity contribution in [3.8, 4) is 11.5 Å². The van der Waals surface area contributed by atoms with Crippen LogP contribution in [-0.4, -0.2) is 79.6 Å². The fourth-order valence-corrected chi connectivity index (χ4v) is 6.83. The van der Waals surface area contributed by atoms with E-state index in [4.69, 9.17) is 0 Å². The van der Waals surface area contributed by atoms with Gasteiger partial charge in [-0.15, -0.1) is 0 Å². The molecular weight excluding hydrogens is 490 g/mol. The summed E-state index contributed by atoms with van der Waals surface area (Å²) in [5, 5.41) is 56.0. The van der Waals surface area contributed by atoms with Gasteiger partial charge in [0.05, 0.1) is 11.7 Å². The zero-order valence-electron chi connectivity index (χ0n) is 22.9. The number of aromatic hydroxyl groups is 2. The summed E-state index contributed by atoms with van der Waals surface area (Å²) in [5.74, 6) is -6.98. The lowest BCUT2D eigenvalue weighted by Crippen LogP contribution is -2.72. The maximum atomic E-state index is 13.9. The Bertz CT molecular complexity index is 1230. The van der Waals surface area contributed by atoms with Crippen molar-refractivity contribution in [3.05, 3.63) is 28.3 Å². The van der Waals surface area contributed by atoms with Gasteiger partial charge < -0.3 is 30.4 Å². The second kappa shape index (κ2) is 9.47. The Hall–Kier alpha value is -2.75. The molecule has 4 rings (SSSR count). The van der Waals surface area contributed by atoms with Crippen LogP contribution in [0.15, 0.2) is 11.6 Å². The van der Waals surface area contributed by atoms with Crippen molar-refractivity contribution in [3.63, 3.8) is 0 Å². The smallest absolute Gasteiger partial charge is 0.202 e. The van der Waals surface area contributed by atoms with Gasteiger partial charge >= 0.3 is 0 Å². The SMILES string of the molecule is CC(=O)C1C(=O)[C@@]2(O)C(=O)C3=C(O)c4c(O)c(CCCC(C)(C)C)cc(O)c4C[C@H]3C[C@H]2[C@H](N(C)C)C1O. The highest BCUT2D eigenvalue weighted by atomic mass is 16.3. The van der Waals surface area contributed by atoms with Crippen LogP contribution in [0.3, 0.4) is 0 Å². The number of phenolic OH excluding ortho intramolecular Hbond substituents is 2. The van der Waals surface area contributed by atoms with Crippen LogP contribution < -0.4 is 0 Å². The number of likely N-dealkylation sites (N-methyl/N-ethyl adjacent to an activating group) is 1. The van der Waals surface area contributed by atoms with Crippen molar-refractivity contribution in [2.45, 2.75) is 77.5 Å². The molecule has 1 aromatic rings. The number of benzene rings is 1. The van der Waals surface area contributed by atoms with E-state index < -0.39 is 58.6 Å². The fraction of sp³-hybridized carbons (Fsp3) is 0.621. The summed E-state index contributed by atoms with van der Waals surface area (Å²) < 4.78 is 0. The number of aryl methyl sites for hydroxylation is 1. The molecule has 9 heteroatoms. The molecule has 2 saturated carbocycles. The Balaban J connectivity index is 1.83. The zero-order valence-corrected chi connectivity index (χ0v) is 22.9. The first-order chi connectivity index (χ1) is 17.5. The molecule has 2 unspecified atom stereocenters. The highest BCUT2D eigenvalue weighted by Gasteiger charge is 2.67. The van der Waals surface area contributed by atoms with Crippen LogP contribution >= 0.6 is 0 Å². The number of Topliss-reactive ketones (excluding diaryl/α,β-unsaturated/α-hetero) is 3. The van der Waals surface area contributed by atoms with Crippen LogP contribution in [0.2, 0.25) is 0 Å². The minimum absolute atomic E-state index is 0.0465. The second-order valence-corrected chi connectivity index (χ2v) is 12.7. The highest BCUT2D eigenvalue weighted by Crippen LogP contribution is 2.53. The molecule has 1 aromatic carbocycles. The lowest BCUT2D eigenvalue weighted by Gasteiger charge is -2.53. The van der Waals surface area contributed by atoms with E-state index in [0.717, 1.165) is 19.8 Å². The molecule has 38 heavy (non-hydrogen) atoms. The van der Waals surface area contributed by atoms with Gasteiger partial charge in [-0.2, -0.15) is 0 Å². The molecule has 0 radical (unpaired) electrons. The lowest BCUT2D eigenvalue weighted by molar-refractivity contribution is -0.184. The van der Waals surface area contributed by atoms with Gasteiger partial charge in [0.1, 0.15) is 29.0 Å². The van der Waals surface area contributed by atoms with Crippen LogP contribution in [0, 0.1) is 23.2 Å². The molecule has 0 saturated heterocycles. The minimum Gasteiger partial charge on any atom is -0.508 e. The third-order valence-electron chi connectivity index (χ3n) is 8.65. The minimum atomic E-state index is -2.62. The zero-order chi connectivity index (χ0) is 28.5. The molecule has 0 spiro atoms. The molecule has 9 nitrogen and oxygen atoms in total. The summed E-state index contributed by atoms with van der Waals surface area (Å²) in [6.45, 7) is 7.43. The number of aliphatic hydroxyl groups excluding tert-OH is 2. The number of ketones is 3. The van der Waals surface area contributed by atoms with E-state index in [1.54, 1.807) is 19.0 Å². The van der Waals surface area contributed by atoms with E-state index in [0.29, 0.717) is 12.0 Å². The normalized spacial score (nSPS) is 31.2. The Kier molecular flexibility index (Phi) is 7.04. The van der Waals surface area contributed by atoms with Crippen molar-refractivity contribution in [1.82, 2.24) is 4.90 Å². The Morgan fingerprint density at radius 1 is 1.16 bits per heavy atom. The molecule has 0 aromatic heterocycles. The van der Waals surface area contributed by atoms with Crippen LogP contribution in [0.4, 0.5) is 0 Å². The summed E-state index contributed by atoms with van der Waals surface area (Å²) in [4.78, 5) is 41.3. The van der Waals surface area contributed by atoms with Gasteiger partial charge in [0.25, 0.3) is 0 Å². The van der Waals surface area contributed by atoms with E-state index in [9.17, 15) is 39.9 Å². The van der Waals surface area contributed by atoms with Gasteiger partial charge in [0.2, 0.25) is 5.78 Å². The quantitative estimate of drug-likeness (QED) is 0.285. The standard InChI is InChI=1S/C29H39NO8/c1-13(31)19-25(35)22(30(5)6)17-11-15-10-16-18(32)12-14(8-7-9-28(2,3)4)23(33)21(16)24(34)20(15)27(37)29(17,38)26(19)36/h12,15,17,19,22,25,32-35,38H,7-11H2,1-6H3/t15-,17-,19?,22-,25?,29+/m0/s1. The summed E-state index contributed by atoms with van der Waals surface area (Å²) in [6, 6.07) is 0.608. The van der Waals surface area contributed by atoms with E-state index >= 15 is 0 Å². The average molecular weight is 530 g/mol. The maximum absolute atomic E-state index is 13.9. The van der Waals surface area contributed by atoms with Crippen molar-refractivity contribution < 1.29 is 39.9 Å². The number of carbonyl (C=O) groups is 3. The molecular formula is C29H39NO8. The summed E-state index contributed by atoms with van der Waals surface area (Å²) in [7, 11) is 3.27.